The third-order valence-corrected chi connectivity index (χ3v) is 12.5. The zero-order valence-corrected chi connectivity index (χ0v) is 32.6. The lowest BCUT2D eigenvalue weighted by molar-refractivity contribution is 0.104. The van der Waals surface area contributed by atoms with Gasteiger partial charge in [0.2, 0.25) is 5.90 Å². The Labute approximate surface area is 323 Å². The van der Waals surface area contributed by atoms with Crippen LogP contribution in [-0.2, 0) is 15.6 Å². The molecule has 6 heteroatoms. The Hall–Kier alpha value is -5.75. The molecule has 0 radical (unpaired) electrons. The molecule has 3 aromatic heterocycles. The standard InChI is InChI=1S/C49H47N5O/c1-47(2,3)33-21-24-51-45(28-33)54-40-18-9-7-15-35(40)36-29-38-43(30-42(36)54)53(41-19-10-8-16-37(41)48(38,4)5)34-26-31(39-17-12-14-23-50-39)25-32(27-34)46-52-49(6)22-13-11-20-44(49)55-46/h7-10,12,14-19,21,23-30,44H,11,13,20,22H2,1-6H3/t44-,49+/m0/s1. The first-order chi connectivity index (χ1) is 26.5. The second kappa shape index (κ2) is 12.1. The van der Waals surface area contributed by atoms with Crippen molar-refractivity contribution in [2.75, 3.05) is 4.90 Å². The number of para-hydroxylation sites is 2. The SMILES string of the molecule is CC(C)(C)c1ccnc(-n2c3ccccc3c3cc4c(cc32)N(c2cc(C3=N[C@]5(C)CCCC[C@@H]5O3)cc(-c3ccccn3)c2)c2ccccc2C4(C)C)c1. The Bertz CT molecular complexity index is 2680. The highest BCUT2D eigenvalue weighted by Crippen LogP contribution is 2.54. The summed E-state index contributed by atoms with van der Waals surface area (Å²) in [5.74, 6) is 1.66. The predicted molar refractivity (Wildman–Crippen MR) is 226 cm³/mol. The maximum absolute atomic E-state index is 6.75. The van der Waals surface area contributed by atoms with Gasteiger partial charge >= 0.3 is 0 Å². The number of anilines is 3. The van der Waals surface area contributed by atoms with Gasteiger partial charge in [-0.15, -0.1) is 0 Å². The molecule has 274 valence electrons. The van der Waals surface area contributed by atoms with Gasteiger partial charge in [0.05, 0.1) is 33.6 Å². The normalized spacial score (nSPS) is 20.1. The maximum atomic E-state index is 6.75. The minimum atomic E-state index is -0.269. The number of hydrogen-bond acceptors (Lipinski definition) is 5. The molecule has 4 aromatic carbocycles. The highest BCUT2D eigenvalue weighted by molar-refractivity contribution is 6.11. The third-order valence-electron chi connectivity index (χ3n) is 12.5. The molecule has 0 bridgehead atoms. The van der Waals surface area contributed by atoms with Gasteiger partial charge in [-0.2, -0.15) is 0 Å². The molecule has 0 amide bonds. The highest BCUT2D eigenvalue weighted by atomic mass is 16.5. The van der Waals surface area contributed by atoms with Gasteiger partial charge in [-0.05, 0) is 115 Å². The Morgan fingerprint density at radius 1 is 0.691 bits per heavy atom. The van der Waals surface area contributed by atoms with E-state index in [1.807, 2.05) is 18.5 Å². The first-order valence-corrected chi connectivity index (χ1v) is 19.8. The molecule has 7 aromatic rings. The largest absolute Gasteiger partial charge is 0.472 e. The molecule has 1 aliphatic carbocycles. The first kappa shape index (κ1) is 33.8. The molecule has 5 heterocycles. The van der Waals surface area contributed by atoms with Gasteiger partial charge in [-0.25, -0.2) is 9.98 Å². The average Bonchev–Trinajstić information content (AvgIpc) is 3.72. The van der Waals surface area contributed by atoms with Crippen LogP contribution in [0.25, 0.3) is 38.9 Å². The molecule has 1 fully saturated rings. The van der Waals surface area contributed by atoms with E-state index in [0.29, 0.717) is 0 Å². The number of pyridine rings is 2. The van der Waals surface area contributed by atoms with Crippen LogP contribution in [0, 0.1) is 0 Å². The van der Waals surface area contributed by atoms with E-state index in [-0.39, 0.29) is 22.5 Å². The van der Waals surface area contributed by atoms with Gasteiger partial charge < -0.3 is 9.64 Å². The van der Waals surface area contributed by atoms with Crippen LogP contribution in [0.2, 0.25) is 0 Å². The molecule has 10 rings (SSSR count). The minimum Gasteiger partial charge on any atom is -0.472 e. The van der Waals surface area contributed by atoms with E-state index in [4.69, 9.17) is 19.7 Å². The Morgan fingerprint density at radius 2 is 1.49 bits per heavy atom. The van der Waals surface area contributed by atoms with Gasteiger partial charge in [0, 0.05) is 45.4 Å². The first-order valence-electron chi connectivity index (χ1n) is 19.8. The van der Waals surface area contributed by atoms with E-state index in [9.17, 15) is 0 Å². The van der Waals surface area contributed by atoms with E-state index >= 15 is 0 Å². The quantitative estimate of drug-likeness (QED) is 0.182. The van der Waals surface area contributed by atoms with Crippen LogP contribution in [0.5, 0.6) is 0 Å². The molecule has 3 aliphatic rings. The number of benzene rings is 4. The fraction of sp³-hybridized carbons (Fsp3) is 0.286. The predicted octanol–water partition coefficient (Wildman–Crippen LogP) is 12.1. The molecule has 6 nitrogen and oxygen atoms in total. The number of rotatable bonds is 4. The van der Waals surface area contributed by atoms with Crippen molar-refractivity contribution < 1.29 is 4.74 Å². The lowest BCUT2D eigenvalue weighted by Crippen LogP contribution is -2.37. The van der Waals surface area contributed by atoms with Crippen LogP contribution >= 0.6 is 0 Å². The fourth-order valence-electron chi connectivity index (χ4n) is 9.36. The number of ether oxygens (including phenoxy) is 1. The van der Waals surface area contributed by atoms with E-state index in [1.165, 1.54) is 40.3 Å². The zero-order valence-electron chi connectivity index (χ0n) is 32.6. The van der Waals surface area contributed by atoms with E-state index in [1.54, 1.807) is 0 Å². The van der Waals surface area contributed by atoms with Crippen LogP contribution in [0.15, 0.2) is 127 Å². The number of aromatic nitrogens is 3. The smallest absolute Gasteiger partial charge is 0.217 e. The number of aliphatic imine (C=N–C) groups is 1. The molecule has 1 saturated carbocycles. The lowest BCUT2D eigenvalue weighted by Gasteiger charge is -2.42. The summed E-state index contributed by atoms with van der Waals surface area (Å²) in [5, 5.41) is 2.44. The summed E-state index contributed by atoms with van der Waals surface area (Å²) in [7, 11) is 0. The second-order valence-corrected chi connectivity index (χ2v) is 17.5. The lowest BCUT2D eigenvalue weighted by atomic mass is 9.73. The van der Waals surface area contributed by atoms with Crippen molar-refractivity contribution in [3.8, 4) is 17.1 Å². The molecule has 2 aliphatic heterocycles. The van der Waals surface area contributed by atoms with E-state index in [0.717, 1.165) is 69.5 Å². The zero-order chi connectivity index (χ0) is 37.7. The molecule has 0 unspecified atom stereocenters. The molecule has 0 N–H and O–H groups in total. The molecule has 0 spiro atoms. The molecule has 2 atom stereocenters. The van der Waals surface area contributed by atoms with Crippen molar-refractivity contribution in [1.29, 1.82) is 0 Å². The number of fused-ring (bicyclic) bond motifs is 6. The van der Waals surface area contributed by atoms with Gasteiger partial charge in [0.1, 0.15) is 11.9 Å². The monoisotopic (exact) mass is 721 g/mol. The van der Waals surface area contributed by atoms with Crippen molar-refractivity contribution in [3.63, 3.8) is 0 Å². The fourth-order valence-corrected chi connectivity index (χ4v) is 9.36. The average molecular weight is 722 g/mol. The van der Waals surface area contributed by atoms with Crippen molar-refractivity contribution >= 4 is 44.8 Å². The van der Waals surface area contributed by atoms with Crippen molar-refractivity contribution in [3.05, 3.63) is 144 Å². The van der Waals surface area contributed by atoms with E-state index in [2.05, 4.69) is 154 Å². The maximum Gasteiger partial charge on any atom is 0.217 e. The Morgan fingerprint density at radius 3 is 2.31 bits per heavy atom. The Balaban J connectivity index is 1.25. The van der Waals surface area contributed by atoms with Crippen LogP contribution in [-0.4, -0.2) is 32.1 Å². The number of hydrogen-bond donors (Lipinski definition) is 0. The van der Waals surface area contributed by atoms with Crippen LogP contribution in [0.1, 0.15) is 89.5 Å². The van der Waals surface area contributed by atoms with Gasteiger partial charge in [-0.3, -0.25) is 9.55 Å². The van der Waals surface area contributed by atoms with Gasteiger partial charge in [0.25, 0.3) is 0 Å². The van der Waals surface area contributed by atoms with Gasteiger partial charge in [0.15, 0.2) is 0 Å². The summed E-state index contributed by atoms with van der Waals surface area (Å²) in [5.41, 5.74) is 11.9. The van der Waals surface area contributed by atoms with Crippen molar-refractivity contribution in [1.82, 2.24) is 14.5 Å². The van der Waals surface area contributed by atoms with Crippen LogP contribution in [0.3, 0.4) is 0 Å². The summed E-state index contributed by atoms with van der Waals surface area (Å²) < 4.78 is 9.10. The van der Waals surface area contributed by atoms with E-state index < -0.39 is 0 Å². The topological polar surface area (TPSA) is 55.5 Å². The molecular weight excluding hydrogens is 675 g/mol. The molecule has 0 saturated heterocycles. The summed E-state index contributed by atoms with van der Waals surface area (Å²) in [6, 6.07) is 39.7. The highest BCUT2D eigenvalue weighted by Gasteiger charge is 2.44. The summed E-state index contributed by atoms with van der Waals surface area (Å²) in [6.45, 7) is 13.8. The van der Waals surface area contributed by atoms with Crippen molar-refractivity contribution in [2.24, 2.45) is 4.99 Å². The third kappa shape index (κ3) is 5.32. The number of nitrogens with zero attached hydrogens (tertiary/aromatic N) is 5. The molecule has 55 heavy (non-hydrogen) atoms. The van der Waals surface area contributed by atoms with Crippen LogP contribution in [0.4, 0.5) is 17.1 Å². The van der Waals surface area contributed by atoms with Crippen LogP contribution < -0.4 is 4.90 Å². The minimum absolute atomic E-state index is 0.0149. The summed E-state index contributed by atoms with van der Waals surface area (Å²) in [4.78, 5) is 17.6. The molecular formula is C49H47N5O. The van der Waals surface area contributed by atoms with Crippen molar-refractivity contribution in [2.45, 2.75) is 89.7 Å². The second-order valence-electron chi connectivity index (χ2n) is 17.5. The summed E-state index contributed by atoms with van der Waals surface area (Å²) >= 11 is 0. The summed E-state index contributed by atoms with van der Waals surface area (Å²) in [6.07, 6.45) is 8.38. The van der Waals surface area contributed by atoms with Gasteiger partial charge in [-0.1, -0.05) is 83.5 Å². The Kier molecular flexibility index (Phi) is 7.45.